The minimum absolute atomic E-state index is 0.0920. The first-order chi connectivity index (χ1) is 12.1. The molecular formula is C18H16ClN3O2S. The topological polar surface area (TPSA) is 68.0 Å². The summed E-state index contributed by atoms with van der Waals surface area (Å²) in [7, 11) is 0. The van der Waals surface area contributed by atoms with Crippen LogP contribution in [-0.4, -0.2) is 21.8 Å². The molecule has 0 spiro atoms. The van der Waals surface area contributed by atoms with Gasteiger partial charge < -0.3 is 9.84 Å². The van der Waals surface area contributed by atoms with Crippen molar-refractivity contribution >= 4 is 35.0 Å². The van der Waals surface area contributed by atoms with Crippen molar-refractivity contribution in [1.29, 1.82) is 0 Å². The van der Waals surface area contributed by atoms with E-state index in [-0.39, 0.29) is 5.91 Å². The second kappa shape index (κ2) is 8.18. The average Bonchev–Trinajstić information content (AvgIpc) is 3.06. The lowest BCUT2D eigenvalue weighted by molar-refractivity contribution is -0.113. The normalized spacial score (nSPS) is 10.6. The third-order valence-corrected chi connectivity index (χ3v) is 4.53. The van der Waals surface area contributed by atoms with Gasteiger partial charge in [-0.05, 0) is 31.2 Å². The van der Waals surface area contributed by atoms with E-state index in [4.69, 9.17) is 16.1 Å². The number of carbonyl (C=O) groups is 1. The number of nitrogens with zero attached hydrogens (tertiary/aromatic N) is 2. The van der Waals surface area contributed by atoms with E-state index in [2.05, 4.69) is 15.5 Å². The first kappa shape index (κ1) is 17.5. The van der Waals surface area contributed by atoms with Crippen LogP contribution in [-0.2, 0) is 10.5 Å². The molecule has 0 saturated heterocycles. The Morgan fingerprint density at radius 1 is 1.16 bits per heavy atom. The fourth-order valence-electron chi connectivity index (χ4n) is 2.09. The molecule has 0 atom stereocenters. The minimum atomic E-state index is -0.0920. The van der Waals surface area contributed by atoms with Gasteiger partial charge in [0.05, 0.1) is 11.5 Å². The summed E-state index contributed by atoms with van der Waals surface area (Å²) in [6, 6.07) is 14.9. The first-order valence-corrected chi connectivity index (χ1v) is 9.16. The van der Waals surface area contributed by atoms with Crippen LogP contribution in [0.15, 0.2) is 53.1 Å². The lowest BCUT2D eigenvalue weighted by atomic mass is 10.1. The van der Waals surface area contributed by atoms with E-state index in [1.54, 1.807) is 24.3 Å². The third kappa shape index (κ3) is 5.08. The number of rotatable bonds is 6. The maximum absolute atomic E-state index is 11.9. The highest BCUT2D eigenvalue weighted by Gasteiger charge is 2.10. The molecule has 1 aromatic heterocycles. The number of amides is 1. The SMILES string of the molecule is Cc1ccc(-c2noc(CSCC(=O)Nc3ccc(Cl)cc3)n2)cc1. The number of anilines is 1. The zero-order valence-corrected chi connectivity index (χ0v) is 15.1. The molecule has 1 amide bonds. The molecule has 0 radical (unpaired) electrons. The first-order valence-electron chi connectivity index (χ1n) is 7.63. The number of aromatic nitrogens is 2. The van der Waals surface area contributed by atoms with E-state index in [1.807, 2.05) is 31.2 Å². The lowest BCUT2D eigenvalue weighted by Crippen LogP contribution is -2.14. The smallest absolute Gasteiger partial charge is 0.236 e. The Morgan fingerprint density at radius 2 is 1.88 bits per heavy atom. The maximum Gasteiger partial charge on any atom is 0.236 e. The maximum atomic E-state index is 11.9. The van der Waals surface area contributed by atoms with Gasteiger partial charge in [-0.25, -0.2) is 0 Å². The Morgan fingerprint density at radius 3 is 2.60 bits per heavy atom. The van der Waals surface area contributed by atoms with Gasteiger partial charge in [-0.15, -0.1) is 11.8 Å². The molecule has 0 aliphatic heterocycles. The van der Waals surface area contributed by atoms with Crippen molar-refractivity contribution in [3.8, 4) is 11.4 Å². The quantitative estimate of drug-likeness (QED) is 0.685. The summed E-state index contributed by atoms with van der Waals surface area (Å²) >= 11 is 7.23. The Bertz CT molecular complexity index is 848. The summed E-state index contributed by atoms with van der Waals surface area (Å²) in [6.45, 7) is 2.02. The molecule has 25 heavy (non-hydrogen) atoms. The fraction of sp³-hybridized carbons (Fsp3) is 0.167. The largest absolute Gasteiger partial charge is 0.338 e. The summed E-state index contributed by atoms with van der Waals surface area (Å²) in [5.41, 5.74) is 2.80. The molecule has 0 aliphatic carbocycles. The zero-order valence-electron chi connectivity index (χ0n) is 13.5. The van der Waals surface area contributed by atoms with Gasteiger partial charge in [-0.2, -0.15) is 4.98 Å². The molecule has 3 rings (SSSR count). The number of halogens is 1. The Labute approximate surface area is 154 Å². The fourth-order valence-corrected chi connectivity index (χ4v) is 2.87. The average molecular weight is 374 g/mol. The summed E-state index contributed by atoms with van der Waals surface area (Å²) < 4.78 is 5.23. The van der Waals surface area contributed by atoms with Crippen LogP contribution in [0.1, 0.15) is 11.5 Å². The molecule has 128 valence electrons. The summed E-state index contributed by atoms with van der Waals surface area (Å²) in [5, 5.41) is 7.42. The number of hydrogen-bond acceptors (Lipinski definition) is 5. The number of hydrogen-bond donors (Lipinski definition) is 1. The number of carbonyl (C=O) groups excluding carboxylic acids is 1. The molecule has 0 fully saturated rings. The van der Waals surface area contributed by atoms with Crippen molar-refractivity contribution in [2.75, 3.05) is 11.1 Å². The van der Waals surface area contributed by atoms with Crippen LogP contribution in [0.25, 0.3) is 11.4 Å². The number of aryl methyl sites for hydroxylation is 1. The summed E-state index contributed by atoms with van der Waals surface area (Å²) in [5.74, 6) is 1.74. The van der Waals surface area contributed by atoms with Crippen molar-refractivity contribution < 1.29 is 9.32 Å². The molecule has 0 bridgehead atoms. The summed E-state index contributed by atoms with van der Waals surface area (Å²) in [6.07, 6.45) is 0. The van der Waals surface area contributed by atoms with Crippen molar-refractivity contribution in [3.63, 3.8) is 0 Å². The molecule has 1 heterocycles. The molecule has 0 saturated carbocycles. The van der Waals surface area contributed by atoms with E-state index >= 15 is 0 Å². The Hall–Kier alpha value is -2.31. The van der Waals surface area contributed by atoms with E-state index in [9.17, 15) is 4.79 Å². The molecule has 1 N–H and O–H groups in total. The van der Waals surface area contributed by atoms with Gasteiger partial charge in [0.15, 0.2) is 0 Å². The second-order valence-electron chi connectivity index (χ2n) is 5.43. The molecular weight excluding hydrogens is 358 g/mol. The molecule has 7 heteroatoms. The van der Waals surface area contributed by atoms with Gasteiger partial charge >= 0.3 is 0 Å². The van der Waals surface area contributed by atoms with Crippen LogP contribution in [0.3, 0.4) is 0 Å². The predicted molar refractivity (Wildman–Crippen MR) is 101 cm³/mol. The van der Waals surface area contributed by atoms with E-state index < -0.39 is 0 Å². The van der Waals surface area contributed by atoms with Gasteiger partial charge in [0, 0.05) is 16.3 Å². The van der Waals surface area contributed by atoms with Gasteiger partial charge in [-0.3, -0.25) is 4.79 Å². The molecule has 0 unspecified atom stereocenters. The van der Waals surface area contributed by atoms with Crippen LogP contribution >= 0.6 is 23.4 Å². The van der Waals surface area contributed by atoms with Crippen molar-refractivity contribution in [2.24, 2.45) is 0 Å². The second-order valence-corrected chi connectivity index (χ2v) is 6.85. The van der Waals surface area contributed by atoms with Crippen LogP contribution in [0, 0.1) is 6.92 Å². The van der Waals surface area contributed by atoms with Gasteiger partial charge in [0.25, 0.3) is 0 Å². The molecule has 0 aliphatic rings. The molecule has 2 aromatic carbocycles. The predicted octanol–water partition coefficient (Wildman–Crippen LogP) is 4.57. The minimum Gasteiger partial charge on any atom is -0.338 e. The highest BCUT2D eigenvalue weighted by atomic mass is 35.5. The number of benzene rings is 2. The van der Waals surface area contributed by atoms with Crippen LogP contribution in [0.4, 0.5) is 5.69 Å². The number of thioether (sulfide) groups is 1. The van der Waals surface area contributed by atoms with E-state index in [0.29, 0.717) is 28.2 Å². The third-order valence-electron chi connectivity index (χ3n) is 3.36. The van der Waals surface area contributed by atoms with Gasteiger partial charge in [0.2, 0.25) is 17.6 Å². The standard InChI is InChI=1S/C18H16ClN3O2S/c1-12-2-4-13(5-3-12)18-21-17(24-22-18)11-25-10-16(23)20-15-8-6-14(19)7-9-15/h2-9H,10-11H2,1H3,(H,20,23). The van der Waals surface area contributed by atoms with Crippen molar-refractivity contribution in [1.82, 2.24) is 10.1 Å². The number of nitrogens with one attached hydrogen (secondary N) is 1. The van der Waals surface area contributed by atoms with E-state index in [0.717, 1.165) is 11.3 Å². The lowest BCUT2D eigenvalue weighted by Gasteiger charge is -2.04. The molecule has 5 nitrogen and oxygen atoms in total. The highest BCUT2D eigenvalue weighted by molar-refractivity contribution is 7.99. The van der Waals surface area contributed by atoms with Gasteiger partial charge in [0.1, 0.15) is 0 Å². The van der Waals surface area contributed by atoms with Crippen molar-refractivity contribution in [2.45, 2.75) is 12.7 Å². The van der Waals surface area contributed by atoms with E-state index in [1.165, 1.54) is 17.3 Å². The highest BCUT2D eigenvalue weighted by Crippen LogP contribution is 2.19. The Balaban J connectivity index is 1.48. The summed E-state index contributed by atoms with van der Waals surface area (Å²) in [4.78, 5) is 16.3. The van der Waals surface area contributed by atoms with Crippen LogP contribution in [0.2, 0.25) is 5.02 Å². The van der Waals surface area contributed by atoms with Crippen molar-refractivity contribution in [3.05, 3.63) is 65.0 Å². The zero-order chi connectivity index (χ0) is 17.6. The van der Waals surface area contributed by atoms with Crippen LogP contribution in [0.5, 0.6) is 0 Å². The monoisotopic (exact) mass is 373 g/mol. The van der Waals surface area contributed by atoms with Gasteiger partial charge in [-0.1, -0.05) is 46.6 Å². The molecule has 3 aromatic rings. The van der Waals surface area contributed by atoms with Crippen LogP contribution < -0.4 is 5.32 Å². The Kier molecular flexibility index (Phi) is 5.73.